The topological polar surface area (TPSA) is 73.6 Å². The van der Waals surface area contributed by atoms with Crippen molar-refractivity contribution in [2.75, 3.05) is 31.7 Å². The van der Waals surface area contributed by atoms with Crippen LogP contribution in [0.4, 0.5) is 5.69 Å². The molecule has 1 fully saturated rings. The van der Waals surface area contributed by atoms with E-state index in [9.17, 15) is 4.79 Å². The van der Waals surface area contributed by atoms with Crippen molar-refractivity contribution in [3.63, 3.8) is 0 Å². The Hall–Kier alpha value is -1.59. The predicted octanol–water partition coefficient (Wildman–Crippen LogP) is 2.48. The highest BCUT2D eigenvalue weighted by Crippen LogP contribution is 2.25. The smallest absolute Gasteiger partial charge is 0.224 e. The first-order chi connectivity index (χ1) is 10.7. The van der Waals surface area contributed by atoms with Gasteiger partial charge in [-0.3, -0.25) is 4.79 Å². The number of rotatable bonds is 7. The minimum atomic E-state index is -0.00955. The van der Waals surface area contributed by atoms with E-state index in [0.717, 1.165) is 43.1 Å². The molecule has 22 heavy (non-hydrogen) atoms. The van der Waals surface area contributed by atoms with Crippen LogP contribution >= 0.6 is 0 Å². The molecule has 1 aromatic carbocycles. The maximum atomic E-state index is 11.8. The number of anilines is 1. The van der Waals surface area contributed by atoms with Crippen molar-refractivity contribution < 1.29 is 14.3 Å². The summed E-state index contributed by atoms with van der Waals surface area (Å²) in [5.74, 6) is 1.38. The molecule has 1 aliphatic heterocycles. The van der Waals surface area contributed by atoms with E-state index >= 15 is 0 Å². The van der Waals surface area contributed by atoms with E-state index in [-0.39, 0.29) is 5.91 Å². The zero-order valence-electron chi connectivity index (χ0n) is 13.3. The summed E-state index contributed by atoms with van der Waals surface area (Å²) < 4.78 is 11.3. The van der Waals surface area contributed by atoms with Gasteiger partial charge in [-0.05, 0) is 50.3 Å². The van der Waals surface area contributed by atoms with Gasteiger partial charge in [-0.15, -0.1) is 0 Å². The molecule has 0 atom stereocenters. The van der Waals surface area contributed by atoms with Gasteiger partial charge in [0.2, 0.25) is 5.91 Å². The van der Waals surface area contributed by atoms with Crippen molar-refractivity contribution in [1.82, 2.24) is 0 Å². The summed E-state index contributed by atoms with van der Waals surface area (Å²) >= 11 is 0. The number of aryl methyl sites for hydroxylation is 1. The second-order valence-electron chi connectivity index (χ2n) is 5.79. The molecule has 0 unspecified atom stereocenters. The quantitative estimate of drug-likeness (QED) is 0.811. The summed E-state index contributed by atoms with van der Waals surface area (Å²) in [5, 5.41) is 2.89. The molecule has 0 aromatic heterocycles. The van der Waals surface area contributed by atoms with Gasteiger partial charge >= 0.3 is 0 Å². The Morgan fingerprint density at radius 3 is 2.91 bits per heavy atom. The Kier molecular flexibility index (Phi) is 6.68. The Balaban J connectivity index is 1.89. The lowest BCUT2D eigenvalue weighted by Crippen LogP contribution is -2.21. The van der Waals surface area contributed by atoms with Gasteiger partial charge in [0.05, 0.1) is 6.61 Å². The molecule has 1 heterocycles. The van der Waals surface area contributed by atoms with Gasteiger partial charge < -0.3 is 20.5 Å². The van der Waals surface area contributed by atoms with Crippen molar-refractivity contribution in [1.29, 1.82) is 0 Å². The van der Waals surface area contributed by atoms with Crippen LogP contribution in [0.25, 0.3) is 0 Å². The molecule has 0 spiro atoms. The summed E-state index contributed by atoms with van der Waals surface area (Å²) in [6, 6.07) is 5.77. The maximum absolute atomic E-state index is 11.8. The lowest BCUT2D eigenvalue weighted by molar-refractivity contribution is -0.116. The van der Waals surface area contributed by atoms with E-state index in [1.165, 1.54) is 0 Å². The molecule has 1 aliphatic rings. The molecule has 0 saturated carbocycles. The van der Waals surface area contributed by atoms with E-state index in [2.05, 4.69) is 5.32 Å². The highest BCUT2D eigenvalue weighted by Gasteiger charge is 2.15. The summed E-state index contributed by atoms with van der Waals surface area (Å²) in [4.78, 5) is 11.8. The monoisotopic (exact) mass is 306 g/mol. The van der Waals surface area contributed by atoms with Crippen LogP contribution in [0.5, 0.6) is 5.75 Å². The number of benzene rings is 1. The largest absolute Gasteiger partial charge is 0.493 e. The number of carbonyl (C=O) groups is 1. The van der Waals surface area contributed by atoms with Crippen molar-refractivity contribution in [3.8, 4) is 5.75 Å². The van der Waals surface area contributed by atoms with Crippen molar-refractivity contribution in [2.24, 2.45) is 11.7 Å². The molecule has 122 valence electrons. The fraction of sp³-hybridized carbons (Fsp3) is 0.588. The summed E-state index contributed by atoms with van der Waals surface area (Å²) in [6.07, 6.45) is 3.25. The summed E-state index contributed by atoms with van der Waals surface area (Å²) in [6.45, 7) is 4.89. The summed E-state index contributed by atoms with van der Waals surface area (Å²) in [7, 11) is 0. The van der Waals surface area contributed by atoms with Crippen molar-refractivity contribution in [3.05, 3.63) is 23.8 Å². The minimum Gasteiger partial charge on any atom is -0.493 e. The number of hydrogen-bond acceptors (Lipinski definition) is 4. The van der Waals surface area contributed by atoms with Gasteiger partial charge in [0.25, 0.3) is 0 Å². The molecule has 1 saturated heterocycles. The molecular weight excluding hydrogens is 280 g/mol. The summed E-state index contributed by atoms with van der Waals surface area (Å²) in [5.41, 5.74) is 7.26. The molecule has 0 aliphatic carbocycles. The average Bonchev–Trinajstić information content (AvgIpc) is 2.54. The highest BCUT2D eigenvalue weighted by molar-refractivity contribution is 5.90. The standard InChI is InChI=1S/C17H26N2O3/c1-13-4-5-15(19-17(20)3-2-8-18)11-16(13)22-12-14-6-9-21-10-7-14/h4-5,11,14H,2-3,6-10,12,18H2,1H3,(H,19,20). The van der Waals surface area contributed by atoms with Crippen LogP contribution in [0.3, 0.4) is 0 Å². The van der Waals surface area contributed by atoms with Gasteiger partial charge in [0.1, 0.15) is 5.75 Å². The number of nitrogens with two attached hydrogens (primary N) is 1. The first kappa shape index (κ1) is 16.8. The number of hydrogen-bond donors (Lipinski definition) is 2. The molecule has 5 heteroatoms. The lowest BCUT2D eigenvalue weighted by atomic mass is 10.0. The Morgan fingerprint density at radius 2 is 2.18 bits per heavy atom. The molecule has 2 rings (SSSR count). The van der Waals surface area contributed by atoms with Crippen LogP contribution in [-0.4, -0.2) is 32.3 Å². The zero-order chi connectivity index (χ0) is 15.8. The SMILES string of the molecule is Cc1ccc(NC(=O)CCCN)cc1OCC1CCOCC1. The second kappa shape index (κ2) is 8.76. The third kappa shape index (κ3) is 5.31. The van der Waals surface area contributed by atoms with Crippen molar-refractivity contribution in [2.45, 2.75) is 32.6 Å². The molecule has 3 N–H and O–H groups in total. The van der Waals surface area contributed by atoms with Gasteiger partial charge in [-0.2, -0.15) is 0 Å². The van der Waals surface area contributed by atoms with E-state index in [4.69, 9.17) is 15.2 Å². The third-order valence-corrected chi connectivity index (χ3v) is 3.90. The van der Waals surface area contributed by atoms with E-state index in [1.807, 2.05) is 25.1 Å². The second-order valence-corrected chi connectivity index (χ2v) is 5.79. The first-order valence-corrected chi connectivity index (χ1v) is 8.00. The fourth-order valence-corrected chi connectivity index (χ4v) is 2.44. The Bertz CT molecular complexity index is 485. The number of amides is 1. The average molecular weight is 306 g/mol. The molecule has 0 bridgehead atoms. The van der Waals surface area contributed by atoms with Crippen molar-refractivity contribution >= 4 is 11.6 Å². The third-order valence-electron chi connectivity index (χ3n) is 3.90. The van der Waals surface area contributed by atoms with Crippen LogP contribution in [0.1, 0.15) is 31.2 Å². The normalized spacial score (nSPS) is 15.5. The number of nitrogens with one attached hydrogen (secondary N) is 1. The van der Waals surface area contributed by atoms with Crippen LogP contribution in [-0.2, 0) is 9.53 Å². The molecular formula is C17H26N2O3. The van der Waals surface area contributed by atoms with Gasteiger partial charge in [-0.25, -0.2) is 0 Å². The molecule has 5 nitrogen and oxygen atoms in total. The molecule has 1 aromatic rings. The Labute approximate surface area is 132 Å². The molecule has 0 radical (unpaired) electrons. The van der Waals surface area contributed by atoms with Crippen LogP contribution in [0, 0.1) is 12.8 Å². The lowest BCUT2D eigenvalue weighted by Gasteiger charge is -2.22. The maximum Gasteiger partial charge on any atom is 0.224 e. The van der Waals surface area contributed by atoms with Gasteiger partial charge in [0, 0.05) is 31.4 Å². The van der Waals surface area contributed by atoms with E-state index in [0.29, 0.717) is 31.9 Å². The number of ether oxygens (including phenoxy) is 2. The van der Waals surface area contributed by atoms with E-state index < -0.39 is 0 Å². The Morgan fingerprint density at radius 1 is 1.41 bits per heavy atom. The predicted molar refractivity (Wildman–Crippen MR) is 87.1 cm³/mol. The highest BCUT2D eigenvalue weighted by atomic mass is 16.5. The zero-order valence-corrected chi connectivity index (χ0v) is 13.3. The van der Waals surface area contributed by atoms with Crippen LogP contribution in [0.15, 0.2) is 18.2 Å². The minimum absolute atomic E-state index is 0.00955. The number of carbonyl (C=O) groups excluding carboxylic acids is 1. The van der Waals surface area contributed by atoms with Crippen LogP contribution < -0.4 is 15.8 Å². The first-order valence-electron chi connectivity index (χ1n) is 8.00. The van der Waals surface area contributed by atoms with Gasteiger partial charge in [-0.1, -0.05) is 6.07 Å². The fourth-order valence-electron chi connectivity index (χ4n) is 2.44. The molecule has 1 amide bonds. The van der Waals surface area contributed by atoms with Crippen LogP contribution in [0.2, 0.25) is 0 Å². The van der Waals surface area contributed by atoms with E-state index in [1.54, 1.807) is 0 Å². The van der Waals surface area contributed by atoms with Gasteiger partial charge in [0.15, 0.2) is 0 Å².